The quantitative estimate of drug-likeness (QED) is 0.795. The number of carbonyl (C=O) groups is 1. The Hall–Kier alpha value is -2.44. The average Bonchev–Trinajstić information content (AvgIpc) is 3.12. The standard InChI is InChI=1S/C13H16N6O/c20-13(14-10-3-1-2-4-10)15-11-7-5-9(6-8-11)12-16-18-19-17-12/h5-8,10H,1-4H2,(H2,14,15,20)(H,16,17,18,19). The molecule has 0 unspecified atom stereocenters. The van der Waals surface area contributed by atoms with Gasteiger partial charge in [0, 0.05) is 17.3 Å². The van der Waals surface area contributed by atoms with Crippen molar-refractivity contribution in [3.05, 3.63) is 24.3 Å². The van der Waals surface area contributed by atoms with Gasteiger partial charge in [-0.15, -0.1) is 10.2 Å². The molecule has 1 aliphatic rings. The highest BCUT2D eigenvalue weighted by atomic mass is 16.2. The summed E-state index contributed by atoms with van der Waals surface area (Å²) < 4.78 is 0. The van der Waals surface area contributed by atoms with Gasteiger partial charge < -0.3 is 10.6 Å². The lowest BCUT2D eigenvalue weighted by atomic mass is 10.2. The van der Waals surface area contributed by atoms with Gasteiger partial charge in [-0.05, 0) is 42.3 Å². The van der Waals surface area contributed by atoms with Gasteiger partial charge in [0.15, 0.2) is 0 Å². The molecule has 0 radical (unpaired) electrons. The molecule has 3 rings (SSSR count). The van der Waals surface area contributed by atoms with Crippen LogP contribution in [0.2, 0.25) is 0 Å². The first-order valence-corrected chi connectivity index (χ1v) is 6.73. The molecule has 104 valence electrons. The van der Waals surface area contributed by atoms with Crippen LogP contribution in [0.3, 0.4) is 0 Å². The second-order valence-corrected chi connectivity index (χ2v) is 4.89. The molecule has 2 aromatic rings. The van der Waals surface area contributed by atoms with Crippen LogP contribution in [-0.2, 0) is 0 Å². The minimum absolute atomic E-state index is 0.149. The fourth-order valence-electron chi connectivity index (χ4n) is 2.41. The molecule has 20 heavy (non-hydrogen) atoms. The minimum Gasteiger partial charge on any atom is -0.335 e. The van der Waals surface area contributed by atoms with Crippen molar-refractivity contribution >= 4 is 11.7 Å². The van der Waals surface area contributed by atoms with Crippen molar-refractivity contribution in [2.24, 2.45) is 0 Å². The summed E-state index contributed by atoms with van der Waals surface area (Å²) in [5, 5.41) is 19.5. The highest BCUT2D eigenvalue weighted by Crippen LogP contribution is 2.19. The van der Waals surface area contributed by atoms with Crippen molar-refractivity contribution in [2.45, 2.75) is 31.7 Å². The van der Waals surface area contributed by atoms with Crippen molar-refractivity contribution in [1.29, 1.82) is 0 Å². The van der Waals surface area contributed by atoms with Gasteiger partial charge in [-0.25, -0.2) is 4.79 Å². The lowest BCUT2D eigenvalue weighted by molar-refractivity contribution is 0.248. The van der Waals surface area contributed by atoms with E-state index in [9.17, 15) is 4.79 Å². The summed E-state index contributed by atoms with van der Waals surface area (Å²) in [5.74, 6) is 0.534. The predicted octanol–water partition coefficient (Wildman–Crippen LogP) is 1.93. The number of nitrogens with one attached hydrogen (secondary N) is 3. The SMILES string of the molecule is O=C(Nc1ccc(-c2nn[nH]n2)cc1)NC1CCCC1. The highest BCUT2D eigenvalue weighted by molar-refractivity contribution is 5.89. The third kappa shape index (κ3) is 2.93. The molecule has 1 aromatic heterocycles. The van der Waals surface area contributed by atoms with E-state index in [1.165, 1.54) is 12.8 Å². The summed E-state index contributed by atoms with van der Waals surface area (Å²) in [5.41, 5.74) is 1.59. The zero-order valence-corrected chi connectivity index (χ0v) is 11.0. The highest BCUT2D eigenvalue weighted by Gasteiger charge is 2.16. The molecule has 0 aliphatic heterocycles. The Kier molecular flexibility index (Phi) is 3.58. The molecule has 0 spiro atoms. The van der Waals surface area contributed by atoms with Crippen LogP contribution >= 0.6 is 0 Å². The number of anilines is 1. The molecule has 1 aliphatic carbocycles. The van der Waals surface area contributed by atoms with E-state index in [0.717, 1.165) is 24.1 Å². The largest absolute Gasteiger partial charge is 0.335 e. The van der Waals surface area contributed by atoms with Gasteiger partial charge >= 0.3 is 6.03 Å². The van der Waals surface area contributed by atoms with E-state index in [1.54, 1.807) is 0 Å². The first kappa shape index (κ1) is 12.6. The fraction of sp³-hybridized carbons (Fsp3) is 0.385. The monoisotopic (exact) mass is 272 g/mol. The molecular weight excluding hydrogens is 256 g/mol. The maximum Gasteiger partial charge on any atom is 0.319 e. The molecule has 0 saturated heterocycles. The molecule has 0 bridgehead atoms. The minimum atomic E-state index is -0.149. The molecule has 0 atom stereocenters. The van der Waals surface area contributed by atoms with Crippen LogP contribution in [0.5, 0.6) is 0 Å². The number of hydrogen-bond donors (Lipinski definition) is 3. The van der Waals surface area contributed by atoms with E-state index in [2.05, 4.69) is 31.3 Å². The van der Waals surface area contributed by atoms with E-state index in [0.29, 0.717) is 11.9 Å². The van der Waals surface area contributed by atoms with Gasteiger partial charge in [0.05, 0.1) is 0 Å². The average molecular weight is 272 g/mol. The van der Waals surface area contributed by atoms with Crippen LogP contribution < -0.4 is 10.6 Å². The Bertz CT molecular complexity index is 559. The molecule has 1 fully saturated rings. The Morgan fingerprint density at radius 1 is 1.20 bits per heavy atom. The van der Waals surface area contributed by atoms with Crippen LogP contribution in [0.4, 0.5) is 10.5 Å². The van der Waals surface area contributed by atoms with Crippen LogP contribution in [0.25, 0.3) is 11.4 Å². The van der Waals surface area contributed by atoms with Crippen molar-refractivity contribution in [3.63, 3.8) is 0 Å². The summed E-state index contributed by atoms with van der Waals surface area (Å²) in [6, 6.07) is 7.49. The second kappa shape index (κ2) is 5.68. The molecule has 2 amide bonds. The number of rotatable bonds is 3. The van der Waals surface area contributed by atoms with Crippen molar-refractivity contribution < 1.29 is 4.79 Å². The number of aromatic amines is 1. The summed E-state index contributed by atoms with van der Waals surface area (Å²) in [6.45, 7) is 0. The summed E-state index contributed by atoms with van der Waals surface area (Å²) in [7, 11) is 0. The molecule has 1 heterocycles. The first-order valence-electron chi connectivity index (χ1n) is 6.73. The van der Waals surface area contributed by atoms with Crippen LogP contribution in [0.1, 0.15) is 25.7 Å². The second-order valence-electron chi connectivity index (χ2n) is 4.89. The fourth-order valence-corrected chi connectivity index (χ4v) is 2.41. The first-order chi connectivity index (χ1) is 9.81. The number of urea groups is 1. The van der Waals surface area contributed by atoms with Gasteiger partial charge in [0.25, 0.3) is 0 Å². The van der Waals surface area contributed by atoms with Gasteiger partial charge in [0.1, 0.15) is 0 Å². The zero-order chi connectivity index (χ0) is 13.8. The van der Waals surface area contributed by atoms with Crippen molar-refractivity contribution in [3.8, 4) is 11.4 Å². The number of aromatic nitrogens is 4. The number of tetrazole rings is 1. The van der Waals surface area contributed by atoms with E-state index in [1.807, 2.05) is 24.3 Å². The van der Waals surface area contributed by atoms with E-state index in [-0.39, 0.29) is 6.03 Å². The third-order valence-electron chi connectivity index (χ3n) is 3.44. The van der Waals surface area contributed by atoms with E-state index >= 15 is 0 Å². The maximum atomic E-state index is 11.8. The molecular formula is C13H16N6O. The van der Waals surface area contributed by atoms with Crippen LogP contribution in [-0.4, -0.2) is 32.7 Å². The normalized spacial score (nSPS) is 15.2. The van der Waals surface area contributed by atoms with Gasteiger partial charge in [-0.2, -0.15) is 5.21 Å². The number of hydrogen-bond acceptors (Lipinski definition) is 4. The molecule has 1 aromatic carbocycles. The number of H-pyrrole nitrogens is 1. The van der Waals surface area contributed by atoms with Crippen molar-refractivity contribution in [2.75, 3.05) is 5.32 Å². The lowest BCUT2D eigenvalue weighted by Crippen LogP contribution is -2.36. The maximum absolute atomic E-state index is 11.8. The topological polar surface area (TPSA) is 95.6 Å². The van der Waals surface area contributed by atoms with Gasteiger partial charge in [-0.1, -0.05) is 12.8 Å². The third-order valence-corrected chi connectivity index (χ3v) is 3.44. The van der Waals surface area contributed by atoms with Gasteiger partial charge in [-0.3, -0.25) is 0 Å². The Balaban J connectivity index is 1.59. The Morgan fingerprint density at radius 2 is 1.95 bits per heavy atom. The number of carbonyl (C=O) groups excluding carboxylic acids is 1. The molecule has 1 saturated carbocycles. The number of nitrogens with zero attached hydrogens (tertiary/aromatic N) is 3. The molecule has 3 N–H and O–H groups in total. The van der Waals surface area contributed by atoms with Gasteiger partial charge in [0.2, 0.25) is 5.82 Å². The van der Waals surface area contributed by atoms with Crippen LogP contribution in [0.15, 0.2) is 24.3 Å². The van der Waals surface area contributed by atoms with E-state index < -0.39 is 0 Å². The molecule has 7 nitrogen and oxygen atoms in total. The molecule has 7 heteroatoms. The number of amides is 2. The lowest BCUT2D eigenvalue weighted by Gasteiger charge is -2.13. The van der Waals surface area contributed by atoms with Crippen LogP contribution in [0, 0.1) is 0 Å². The summed E-state index contributed by atoms with van der Waals surface area (Å²) in [4.78, 5) is 11.8. The summed E-state index contributed by atoms with van der Waals surface area (Å²) in [6.07, 6.45) is 4.54. The number of benzene rings is 1. The zero-order valence-electron chi connectivity index (χ0n) is 11.0. The van der Waals surface area contributed by atoms with E-state index in [4.69, 9.17) is 0 Å². The van der Waals surface area contributed by atoms with Crippen molar-refractivity contribution in [1.82, 2.24) is 25.9 Å². The Morgan fingerprint density at radius 3 is 2.60 bits per heavy atom. The smallest absolute Gasteiger partial charge is 0.319 e. The predicted molar refractivity (Wildman–Crippen MR) is 74.0 cm³/mol. The Labute approximate surface area is 116 Å². The summed E-state index contributed by atoms with van der Waals surface area (Å²) >= 11 is 0.